The van der Waals surface area contributed by atoms with Crippen LogP contribution in [0.5, 0.6) is 0 Å². The van der Waals surface area contributed by atoms with Gasteiger partial charge in [-0.25, -0.2) is 0 Å². The Morgan fingerprint density at radius 2 is 1.20 bits per heavy atom. The van der Waals surface area contributed by atoms with Crippen LogP contribution in [0.4, 0.5) is 0 Å². The van der Waals surface area contributed by atoms with E-state index in [0.29, 0.717) is 0 Å². The Bertz CT molecular complexity index is 974. The molecule has 0 radical (unpaired) electrons. The fourth-order valence-electron chi connectivity index (χ4n) is 3.79. The predicted molar refractivity (Wildman–Crippen MR) is 89.1 cm³/mol. The van der Waals surface area contributed by atoms with Crippen molar-refractivity contribution in [1.29, 1.82) is 0 Å². The molecule has 0 nitrogen and oxygen atoms in total. The molecule has 0 atom stereocenters. The van der Waals surface area contributed by atoms with Gasteiger partial charge in [-0.3, -0.25) is 0 Å². The average Bonchev–Trinajstić information content (AvgIpc) is 2.41. The summed E-state index contributed by atoms with van der Waals surface area (Å²) in [6, 6.07) is 13.7. The van der Waals surface area contributed by atoms with Crippen molar-refractivity contribution < 1.29 is 0 Å². The topological polar surface area (TPSA) is 0 Å². The molecule has 0 unspecified atom stereocenters. The summed E-state index contributed by atoms with van der Waals surface area (Å²) in [4.78, 5) is 0. The van der Waals surface area contributed by atoms with Gasteiger partial charge >= 0.3 is 0 Å². The van der Waals surface area contributed by atoms with E-state index < -0.39 is 0 Å². The summed E-state index contributed by atoms with van der Waals surface area (Å²) in [6.07, 6.45) is 0. The first-order valence-electron chi connectivity index (χ1n) is 7.23. The van der Waals surface area contributed by atoms with Crippen LogP contribution in [-0.2, 0) is 0 Å². The third-order valence-electron chi connectivity index (χ3n) is 4.70. The Kier molecular flexibility index (Phi) is 2.18. The molecule has 0 aromatic heterocycles. The largest absolute Gasteiger partial charge is 0.0581 e. The van der Waals surface area contributed by atoms with E-state index in [1.54, 1.807) is 0 Å². The lowest BCUT2D eigenvalue weighted by molar-refractivity contribution is 1.43. The van der Waals surface area contributed by atoms with Crippen LogP contribution in [0.2, 0.25) is 0 Å². The molecule has 4 rings (SSSR count). The zero-order chi connectivity index (χ0) is 14.0. The first-order chi connectivity index (χ1) is 9.58. The molecule has 4 aromatic carbocycles. The van der Waals surface area contributed by atoms with Crippen molar-refractivity contribution in [2.75, 3.05) is 0 Å². The van der Waals surface area contributed by atoms with Crippen molar-refractivity contribution in [1.82, 2.24) is 0 Å². The molecule has 4 aromatic rings. The van der Waals surface area contributed by atoms with Crippen molar-refractivity contribution in [2.24, 2.45) is 0 Å². The van der Waals surface area contributed by atoms with Crippen LogP contribution >= 0.6 is 0 Å². The van der Waals surface area contributed by atoms with E-state index in [-0.39, 0.29) is 0 Å². The molecular weight excluding hydrogens is 240 g/mol. The van der Waals surface area contributed by atoms with Gasteiger partial charge in [0.15, 0.2) is 0 Å². The lowest BCUT2D eigenvalue weighted by Crippen LogP contribution is -1.93. The highest BCUT2D eigenvalue weighted by atomic mass is 14.2. The molecule has 0 saturated heterocycles. The van der Waals surface area contributed by atoms with Crippen molar-refractivity contribution in [3.63, 3.8) is 0 Å². The Balaban J connectivity index is 2.50. The highest BCUT2D eigenvalue weighted by Crippen LogP contribution is 2.40. The van der Waals surface area contributed by atoms with E-state index in [9.17, 15) is 0 Å². The summed E-state index contributed by atoms with van der Waals surface area (Å²) in [5.74, 6) is 0. The van der Waals surface area contributed by atoms with Gasteiger partial charge < -0.3 is 0 Å². The molecule has 0 spiro atoms. The zero-order valence-electron chi connectivity index (χ0n) is 12.5. The molecule has 98 valence electrons. The lowest BCUT2D eigenvalue weighted by Gasteiger charge is -2.17. The minimum Gasteiger partial charge on any atom is -0.0581 e. The van der Waals surface area contributed by atoms with Crippen LogP contribution < -0.4 is 0 Å². The van der Waals surface area contributed by atoms with Crippen LogP contribution in [0.15, 0.2) is 36.4 Å². The second kappa shape index (κ2) is 3.73. The van der Waals surface area contributed by atoms with E-state index in [1.165, 1.54) is 54.6 Å². The fraction of sp³-hybridized carbons (Fsp3) is 0.200. The van der Waals surface area contributed by atoms with Crippen LogP contribution in [0, 0.1) is 27.7 Å². The molecular formula is C20H18. The molecule has 0 aliphatic rings. The predicted octanol–water partition coefficient (Wildman–Crippen LogP) is 5.82. The fourth-order valence-corrected chi connectivity index (χ4v) is 3.79. The van der Waals surface area contributed by atoms with Crippen LogP contribution in [-0.4, -0.2) is 0 Å². The third kappa shape index (κ3) is 1.31. The molecule has 0 saturated carbocycles. The standard InChI is InChI=1S/C20H18/c1-11-5-6-15-7-8-16-12(2)9-13(3)18-14(4)10-17(11)19(15)20(16)18/h5-10H,1-4H3. The Morgan fingerprint density at radius 3 is 2.00 bits per heavy atom. The molecule has 0 bridgehead atoms. The highest BCUT2D eigenvalue weighted by Gasteiger charge is 2.14. The maximum atomic E-state index is 2.36. The van der Waals surface area contributed by atoms with Crippen LogP contribution in [0.3, 0.4) is 0 Å². The molecule has 20 heavy (non-hydrogen) atoms. The zero-order valence-corrected chi connectivity index (χ0v) is 12.5. The lowest BCUT2D eigenvalue weighted by atomic mass is 9.86. The first-order valence-corrected chi connectivity index (χ1v) is 7.23. The van der Waals surface area contributed by atoms with Crippen molar-refractivity contribution >= 4 is 32.3 Å². The smallest absolute Gasteiger partial charge is 0.00187 e. The minimum absolute atomic E-state index is 1.35. The maximum Gasteiger partial charge on any atom is -0.00187 e. The van der Waals surface area contributed by atoms with Gasteiger partial charge in [-0.2, -0.15) is 0 Å². The van der Waals surface area contributed by atoms with Gasteiger partial charge in [0, 0.05) is 0 Å². The molecule has 0 heteroatoms. The van der Waals surface area contributed by atoms with Gasteiger partial charge in [-0.05, 0) is 82.3 Å². The van der Waals surface area contributed by atoms with Gasteiger partial charge in [0.05, 0.1) is 0 Å². The normalized spacial score (nSPS) is 12.0. The number of rotatable bonds is 0. The summed E-state index contributed by atoms with van der Waals surface area (Å²) < 4.78 is 0. The molecule has 0 fully saturated rings. The monoisotopic (exact) mass is 258 g/mol. The summed E-state index contributed by atoms with van der Waals surface area (Å²) in [7, 11) is 0. The summed E-state index contributed by atoms with van der Waals surface area (Å²) in [5, 5.41) is 8.50. The van der Waals surface area contributed by atoms with Gasteiger partial charge in [0.25, 0.3) is 0 Å². The number of hydrogen-bond acceptors (Lipinski definition) is 0. The molecule has 0 N–H and O–H groups in total. The van der Waals surface area contributed by atoms with E-state index in [1.807, 2.05) is 0 Å². The first kappa shape index (κ1) is 11.7. The van der Waals surface area contributed by atoms with Gasteiger partial charge in [0.2, 0.25) is 0 Å². The van der Waals surface area contributed by atoms with Crippen molar-refractivity contribution in [3.05, 3.63) is 58.7 Å². The number of hydrogen-bond donors (Lipinski definition) is 0. The molecule has 0 amide bonds. The second-order valence-electron chi connectivity index (χ2n) is 6.10. The Hall–Kier alpha value is -2.08. The van der Waals surface area contributed by atoms with Crippen molar-refractivity contribution in [3.8, 4) is 0 Å². The summed E-state index contributed by atoms with van der Waals surface area (Å²) >= 11 is 0. The minimum atomic E-state index is 1.35. The summed E-state index contributed by atoms with van der Waals surface area (Å²) in [5.41, 5.74) is 5.53. The number of benzene rings is 4. The average molecular weight is 258 g/mol. The molecule has 0 aliphatic carbocycles. The molecule has 0 aliphatic heterocycles. The van der Waals surface area contributed by atoms with E-state index in [4.69, 9.17) is 0 Å². The van der Waals surface area contributed by atoms with Gasteiger partial charge in [0.1, 0.15) is 0 Å². The molecule has 0 heterocycles. The maximum absolute atomic E-state index is 2.36. The summed E-state index contributed by atoms with van der Waals surface area (Å²) in [6.45, 7) is 8.91. The quantitative estimate of drug-likeness (QED) is 0.349. The van der Waals surface area contributed by atoms with E-state index in [2.05, 4.69) is 64.1 Å². The van der Waals surface area contributed by atoms with Gasteiger partial charge in [-0.1, -0.05) is 36.4 Å². The van der Waals surface area contributed by atoms with Crippen LogP contribution in [0.25, 0.3) is 32.3 Å². The SMILES string of the molecule is Cc1ccc2ccc3c(C)cc(C)c4c(C)cc1c2c34. The Labute approximate surface area is 119 Å². The Morgan fingerprint density at radius 1 is 0.500 bits per heavy atom. The van der Waals surface area contributed by atoms with Crippen molar-refractivity contribution in [2.45, 2.75) is 27.7 Å². The van der Waals surface area contributed by atoms with Gasteiger partial charge in [-0.15, -0.1) is 0 Å². The third-order valence-corrected chi connectivity index (χ3v) is 4.70. The van der Waals surface area contributed by atoms with E-state index in [0.717, 1.165) is 0 Å². The van der Waals surface area contributed by atoms with E-state index >= 15 is 0 Å². The van der Waals surface area contributed by atoms with Crippen LogP contribution in [0.1, 0.15) is 22.3 Å². The highest BCUT2D eigenvalue weighted by molar-refractivity contribution is 6.25. The number of aryl methyl sites for hydroxylation is 4. The second-order valence-corrected chi connectivity index (χ2v) is 6.10.